The summed E-state index contributed by atoms with van der Waals surface area (Å²) in [6.45, 7) is 4.96. The quantitative estimate of drug-likeness (QED) is 0.477. The fourth-order valence-electron chi connectivity index (χ4n) is 0.530. The summed E-state index contributed by atoms with van der Waals surface area (Å²) in [6, 6.07) is 0. The average molecular weight is 114 g/mol. The fraction of sp³-hybridized carbons (Fsp3) is 0.600. The van der Waals surface area contributed by atoms with Gasteiger partial charge < -0.3 is 15.0 Å². The molecule has 46 valence electrons. The molecule has 1 fully saturated rings. The Morgan fingerprint density at radius 2 is 2.62 bits per heavy atom. The van der Waals surface area contributed by atoms with E-state index in [-0.39, 0.29) is 0 Å². The van der Waals surface area contributed by atoms with Crippen LogP contribution in [0.15, 0.2) is 12.4 Å². The summed E-state index contributed by atoms with van der Waals surface area (Å²) in [6.07, 6.45) is 0. The lowest BCUT2D eigenvalue weighted by molar-refractivity contribution is 0.0112. The molecule has 1 heterocycles. The summed E-state index contributed by atoms with van der Waals surface area (Å²) in [4.78, 5) is 1.91. The predicted octanol–water partition coefficient (Wildman–Crippen LogP) is -0.0758. The van der Waals surface area contributed by atoms with Gasteiger partial charge in [0.05, 0.1) is 5.82 Å². The zero-order valence-corrected chi connectivity index (χ0v) is 4.98. The van der Waals surface area contributed by atoms with Crippen molar-refractivity contribution in [1.82, 2.24) is 10.2 Å². The molecule has 0 bridgehead atoms. The Morgan fingerprint density at radius 3 is 3.00 bits per heavy atom. The van der Waals surface area contributed by atoms with E-state index in [1.807, 2.05) is 11.9 Å². The second-order valence-electron chi connectivity index (χ2n) is 1.80. The third-order valence-electron chi connectivity index (χ3n) is 1.12. The first-order valence-electron chi connectivity index (χ1n) is 2.52. The highest BCUT2D eigenvalue weighted by molar-refractivity contribution is 4.88. The number of nitrogens with one attached hydrogen (secondary N) is 1. The second kappa shape index (κ2) is 2.05. The third-order valence-corrected chi connectivity index (χ3v) is 1.12. The summed E-state index contributed by atoms with van der Waals surface area (Å²) in [5.74, 6) is 0.927. The lowest BCUT2D eigenvalue weighted by Crippen LogP contribution is -2.37. The molecule has 0 unspecified atom stereocenters. The molecule has 0 aromatic carbocycles. The van der Waals surface area contributed by atoms with Crippen LogP contribution < -0.4 is 5.32 Å². The molecular formula is C5H10N2O. The highest BCUT2D eigenvalue weighted by Gasteiger charge is 2.04. The zero-order valence-electron chi connectivity index (χ0n) is 4.98. The van der Waals surface area contributed by atoms with E-state index in [2.05, 4.69) is 11.9 Å². The molecule has 0 aliphatic carbocycles. The maximum atomic E-state index is 5.01. The van der Waals surface area contributed by atoms with Gasteiger partial charge in [0, 0.05) is 7.05 Å². The molecule has 0 aromatic rings. The molecule has 1 rings (SSSR count). The molecule has 0 spiro atoms. The Labute approximate surface area is 48.9 Å². The van der Waals surface area contributed by atoms with Crippen molar-refractivity contribution in [3.8, 4) is 0 Å². The molecule has 1 saturated heterocycles. The number of nitrogens with zero attached hydrogens (tertiary/aromatic N) is 1. The third kappa shape index (κ3) is 0.924. The van der Waals surface area contributed by atoms with Crippen LogP contribution >= 0.6 is 0 Å². The average Bonchev–Trinajstić information content (AvgIpc) is 1.77. The molecule has 1 aliphatic heterocycles. The molecule has 0 radical (unpaired) electrons. The molecule has 1 aliphatic rings. The normalized spacial score (nSPS) is 20.6. The predicted molar refractivity (Wildman–Crippen MR) is 30.9 cm³/mol. The van der Waals surface area contributed by atoms with Crippen molar-refractivity contribution in [2.75, 3.05) is 20.5 Å². The summed E-state index contributed by atoms with van der Waals surface area (Å²) in [5, 5.41) is 2.94. The number of hydrogen-bond acceptors (Lipinski definition) is 3. The minimum atomic E-state index is 0.586. The fourth-order valence-corrected chi connectivity index (χ4v) is 0.530. The van der Waals surface area contributed by atoms with E-state index < -0.39 is 0 Å². The molecule has 0 atom stereocenters. The van der Waals surface area contributed by atoms with E-state index in [1.54, 1.807) is 0 Å². The van der Waals surface area contributed by atoms with Crippen LogP contribution in [-0.4, -0.2) is 25.4 Å². The standard InChI is InChI=1S/C5H10N2O/c1-5-6-3-8-4-7(5)2/h6H,1,3-4H2,2H3. The van der Waals surface area contributed by atoms with Gasteiger partial charge in [0.2, 0.25) is 0 Å². The lowest BCUT2D eigenvalue weighted by atomic mass is 10.6. The summed E-state index contributed by atoms with van der Waals surface area (Å²) in [5.41, 5.74) is 0. The Hall–Kier alpha value is -0.700. The van der Waals surface area contributed by atoms with Gasteiger partial charge in [-0.3, -0.25) is 0 Å². The highest BCUT2D eigenvalue weighted by Crippen LogP contribution is 1.97. The van der Waals surface area contributed by atoms with Crippen LogP contribution in [0.2, 0.25) is 0 Å². The van der Waals surface area contributed by atoms with Crippen molar-refractivity contribution in [3.63, 3.8) is 0 Å². The summed E-state index contributed by atoms with van der Waals surface area (Å²) < 4.78 is 5.01. The lowest BCUT2D eigenvalue weighted by Gasteiger charge is -2.27. The number of ether oxygens (including phenoxy) is 1. The Kier molecular flexibility index (Phi) is 1.39. The van der Waals surface area contributed by atoms with Gasteiger partial charge >= 0.3 is 0 Å². The van der Waals surface area contributed by atoms with Crippen LogP contribution in [0, 0.1) is 0 Å². The molecule has 3 nitrogen and oxygen atoms in total. The Balaban J connectivity index is 2.39. The molecule has 0 amide bonds. The maximum Gasteiger partial charge on any atom is 0.122 e. The molecule has 1 N–H and O–H groups in total. The smallest absolute Gasteiger partial charge is 0.122 e. The van der Waals surface area contributed by atoms with Crippen LogP contribution in [0.4, 0.5) is 0 Å². The SMILES string of the molecule is C=C1NCOCN1C. The van der Waals surface area contributed by atoms with E-state index in [9.17, 15) is 0 Å². The first-order valence-corrected chi connectivity index (χ1v) is 2.52. The Morgan fingerprint density at radius 1 is 1.88 bits per heavy atom. The maximum absolute atomic E-state index is 5.01. The summed E-state index contributed by atoms with van der Waals surface area (Å²) >= 11 is 0. The van der Waals surface area contributed by atoms with Gasteiger partial charge in [0.1, 0.15) is 13.5 Å². The van der Waals surface area contributed by atoms with Gasteiger partial charge in [0.25, 0.3) is 0 Å². The first-order chi connectivity index (χ1) is 3.80. The second-order valence-corrected chi connectivity index (χ2v) is 1.80. The van der Waals surface area contributed by atoms with Crippen LogP contribution in [0.25, 0.3) is 0 Å². The molecule has 0 aromatic heterocycles. The van der Waals surface area contributed by atoms with Crippen molar-refractivity contribution in [2.24, 2.45) is 0 Å². The van der Waals surface area contributed by atoms with Gasteiger partial charge in [-0.2, -0.15) is 0 Å². The molecular weight excluding hydrogens is 104 g/mol. The zero-order chi connectivity index (χ0) is 5.98. The van der Waals surface area contributed by atoms with E-state index in [4.69, 9.17) is 4.74 Å². The highest BCUT2D eigenvalue weighted by atomic mass is 16.5. The topological polar surface area (TPSA) is 24.5 Å². The van der Waals surface area contributed by atoms with E-state index in [0.29, 0.717) is 13.5 Å². The molecule has 8 heavy (non-hydrogen) atoms. The van der Waals surface area contributed by atoms with Crippen molar-refractivity contribution in [3.05, 3.63) is 12.4 Å². The summed E-state index contributed by atoms with van der Waals surface area (Å²) in [7, 11) is 1.93. The van der Waals surface area contributed by atoms with Crippen LogP contribution in [0.5, 0.6) is 0 Å². The van der Waals surface area contributed by atoms with E-state index in [1.165, 1.54) is 0 Å². The van der Waals surface area contributed by atoms with E-state index >= 15 is 0 Å². The Bertz CT molecular complexity index is 103. The van der Waals surface area contributed by atoms with Gasteiger partial charge in [-0.05, 0) is 0 Å². The van der Waals surface area contributed by atoms with Crippen molar-refractivity contribution in [2.45, 2.75) is 0 Å². The number of rotatable bonds is 0. The van der Waals surface area contributed by atoms with Crippen LogP contribution in [-0.2, 0) is 4.74 Å². The minimum Gasteiger partial charge on any atom is -0.349 e. The molecule has 3 heteroatoms. The van der Waals surface area contributed by atoms with Gasteiger partial charge in [-0.1, -0.05) is 6.58 Å². The first kappa shape index (κ1) is 5.44. The van der Waals surface area contributed by atoms with Crippen molar-refractivity contribution >= 4 is 0 Å². The van der Waals surface area contributed by atoms with Gasteiger partial charge in [0.15, 0.2) is 0 Å². The van der Waals surface area contributed by atoms with Crippen molar-refractivity contribution < 1.29 is 4.74 Å². The van der Waals surface area contributed by atoms with Gasteiger partial charge in [-0.15, -0.1) is 0 Å². The van der Waals surface area contributed by atoms with Crippen LogP contribution in [0.3, 0.4) is 0 Å². The molecule has 0 saturated carbocycles. The van der Waals surface area contributed by atoms with Crippen molar-refractivity contribution in [1.29, 1.82) is 0 Å². The number of hydrogen-bond donors (Lipinski definition) is 1. The van der Waals surface area contributed by atoms with E-state index in [0.717, 1.165) is 5.82 Å². The largest absolute Gasteiger partial charge is 0.349 e. The van der Waals surface area contributed by atoms with Gasteiger partial charge in [-0.25, -0.2) is 0 Å². The monoisotopic (exact) mass is 114 g/mol. The van der Waals surface area contributed by atoms with Crippen LogP contribution in [0.1, 0.15) is 0 Å². The minimum absolute atomic E-state index is 0.586.